The number of rotatable bonds is 3. The Bertz CT molecular complexity index is 865. The second-order valence-electron chi connectivity index (χ2n) is 5.10. The molecular weight excluding hydrogens is 333 g/mol. The number of hydrogen-bond donors (Lipinski definition) is 0. The molecule has 126 valence electrons. The molecule has 0 spiro atoms. The molecule has 2 aromatic heterocycles. The van der Waals surface area contributed by atoms with Crippen LogP contribution >= 0.6 is 0 Å². The van der Waals surface area contributed by atoms with Crippen LogP contribution < -0.4 is 4.74 Å². The molecule has 0 N–H and O–H groups in total. The van der Waals surface area contributed by atoms with E-state index in [4.69, 9.17) is 0 Å². The van der Waals surface area contributed by atoms with Crippen LogP contribution in [0.3, 0.4) is 0 Å². The highest BCUT2D eigenvalue weighted by Gasteiger charge is 2.31. The monoisotopic (exact) mass is 343 g/mol. The van der Waals surface area contributed by atoms with Gasteiger partial charge in [0.15, 0.2) is 11.3 Å². The minimum absolute atomic E-state index is 0.0179. The first-order valence-corrected chi connectivity index (χ1v) is 6.72. The number of alkyl halides is 5. The third kappa shape index (κ3) is 3.29. The maximum Gasteiger partial charge on any atom is 0.573 e. The number of benzene rings is 1. The summed E-state index contributed by atoms with van der Waals surface area (Å²) < 4.78 is 68.6. The number of aromatic nitrogens is 3. The summed E-state index contributed by atoms with van der Waals surface area (Å²) in [6.07, 6.45) is -2.06. The summed E-state index contributed by atoms with van der Waals surface area (Å²) in [5.74, 6) is -3.54. The fraction of sp³-hybridized carbons (Fsp3) is 0.200. The number of imidazole rings is 1. The highest BCUT2D eigenvalue weighted by Crippen LogP contribution is 2.30. The standard InChI is InChI=1S/C15H10F5N3O/c1-14(16,17)12-13-22-11(6-7-23(13)8-21-12)9-2-4-10(5-3-9)24-15(18,19)20/h2-8H,1H3. The third-order valence-corrected chi connectivity index (χ3v) is 3.19. The number of nitrogens with zero attached hydrogens (tertiary/aromatic N) is 3. The van der Waals surface area contributed by atoms with Crippen molar-refractivity contribution in [2.45, 2.75) is 19.2 Å². The van der Waals surface area contributed by atoms with E-state index in [0.717, 1.165) is 12.1 Å². The van der Waals surface area contributed by atoms with Crippen molar-refractivity contribution >= 4 is 5.65 Å². The minimum atomic E-state index is -4.78. The van der Waals surface area contributed by atoms with Gasteiger partial charge in [-0.1, -0.05) is 0 Å². The molecule has 1 aromatic carbocycles. The lowest BCUT2D eigenvalue weighted by Gasteiger charge is -2.10. The van der Waals surface area contributed by atoms with E-state index in [1.807, 2.05) is 0 Å². The van der Waals surface area contributed by atoms with Gasteiger partial charge >= 0.3 is 6.36 Å². The minimum Gasteiger partial charge on any atom is -0.406 e. The lowest BCUT2D eigenvalue weighted by Crippen LogP contribution is -2.16. The van der Waals surface area contributed by atoms with Gasteiger partial charge in [-0.05, 0) is 30.3 Å². The van der Waals surface area contributed by atoms with E-state index in [1.165, 1.54) is 29.1 Å². The Balaban J connectivity index is 1.97. The van der Waals surface area contributed by atoms with E-state index < -0.39 is 18.0 Å². The lowest BCUT2D eigenvalue weighted by atomic mass is 10.1. The zero-order valence-electron chi connectivity index (χ0n) is 12.2. The summed E-state index contributed by atoms with van der Waals surface area (Å²) in [6.45, 7) is 0.715. The molecular formula is C15H10F5N3O. The largest absolute Gasteiger partial charge is 0.573 e. The van der Waals surface area contributed by atoms with Crippen molar-refractivity contribution in [2.24, 2.45) is 0 Å². The van der Waals surface area contributed by atoms with Crippen molar-refractivity contribution in [1.29, 1.82) is 0 Å². The van der Waals surface area contributed by atoms with Crippen LogP contribution in [0.5, 0.6) is 5.75 Å². The van der Waals surface area contributed by atoms with Gasteiger partial charge in [-0.25, -0.2) is 9.97 Å². The topological polar surface area (TPSA) is 39.4 Å². The van der Waals surface area contributed by atoms with E-state index >= 15 is 0 Å². The van der Waals surface area contributed by atoms with Gasteiger partial charge < -0.3 is 4.74 Å². The molecule has 0 aliphatic rings. The Morgan fingerprint density at radius 3 is 2.25 bits per heavy atom. The van der Waals surface area contributed by atoms with Gasteiger partial charge in [-0.3, -0.25) is 4.40 Å². The fourth-order valence-corrected chi connectivity index (χ4v) is 2.17. The van der Waals surface area contributed by atoms with Gasteiger partial charge in [0.25, 0.3) is 5.92 Å². The molecule has 3 rings (SSSR count). The van der Waals surface area contributed by atoms with Crippen molar-refractivity contribution in [3.05, 3.63) is 48.5 Å². The molecule has 9 heteroatoms. The molecule has 0 aliphatic heterocycles. The van der Waals surface area contributed by atoms with Crippen LogP contribution in [0.4, 0.5) is 22.0 Å². The molecule has 4 nitrogen and oxygen atoms in total. The zero-order chi connectivity index (χ0) is 17.5. The summed E-state index contributed by atoms with van der Waals surface area (Å²) in [5, 5.41) is 0. The molecule has 24 heavy (non-hydrogen) atoms. The first-order chi connectivity index (χ1) is 11.1. The Labute approximate surface area is 132 Å². The predicted octanol–water partition coefficient (Wildman–Crippen LogP) is 4.41. The smallest absolute Gasteiger partial charge is 0.406 e. The molecule has 0 fully saturated rings. The fourth-order valence-electron chi connectivity index (χ4n) is 2.17. The molecule has 0 unspecified atom stereocenters. The van der Waals surface area contributed by atoms with E-state index in [0.29, 0.717) is 18.2 Å². The van der Waals surface area contributed by atoms with Crippen LogP contribution in [-0.2, 0) is 5.92 Å². The normalized spacial score (nSPS) is 12.6. The summed E-state index contributed by atoms with van der Waals surface area (Å²) in [5.41, 5.74) is 0.294. The van der Waals surface area contributed by atoms with Crippen molar-refractivity contribution in [1.82, 2.24) is 14.4 Å². The molecule has 0 amide bonds. The average Bonchev–Trinajstić information content (AvgIpc) is 2.89. The van der Waals surface area contributed by atoms with Crippen LogP contribution in [0, 0.1) is 0 Å². The molecule has 0 radical (unpaired) electrons. The highest BCUT2D eigenvalue weighted by atomic mass is 19.4. The number of hydrogen-bond acceptors (Lipinski definition) is 3. The van der Waals surface area contributed by atoms with Gasteiger partial charge in [-0.2, -0.15) is 8.78 Å². The summed E-state index contributed by atoms with van der Waals surface area (Å²) in [7, 11) is 0. The summed E-state index contributed by atoms with van der Waals surface area (Å²) >= 11 is 0. The van der Waals surface area contributed by atoms with Gasteiger partial charge in [0.1, 0.15) is 12.1 Å². The van der Waals surface area contributed by atoms with E-state index in [2.05, 4.69) is 14.7 Å². The molecule has 0 saturated carbocycles. The Morgan fingerprint density at radius 1 is 1.00 bits per heavy atom. The summed E-state index contributed by atoms with van der Waals surface area (Å²) in [6, 6.07) is 6.52. The van der Waals surface area contributed by atoms with E-state index in [9.17, 15) is 22.0 Å². The lowest BCUT2D eigenvalue weighted by molar-refractivity contribution is -0.274. The van der Waals surface area contributed by atoms with Crippen LogP contribution in [0.2, 0.25) is 0 Å². The molecule has 0 saturated heterocycles. The van der Waals surface area contributed by atoms with Crippen LogP contribution in [0.1, 0.15) is 12.6 Å². The quantitative estimate of drug-likeness (QED) is 0.662. The van der Waals surface area contributed by atoms with Crippen molar-refractivity contribution in [3.63, 3.8) is 0 Å². The van der Waals surface area contributed by atoms with Gasteiger partial charge in [-0.15, -0.1) is 13.2 Å². The van der Waals surface area contributed by atoms with Gasteiger partial charge in [0, 0.05) is 18.7 Å². The van der Waals surface area contributed by atoms with E-state index in [-0.39, 0.29) is 11.4 Å². The van der Waals surface area contributed by atoms with Crippen molar-refractivity contribution in [2.75, 3.05) is 0 Å². The Morgan fingerprint density at radius 2 is 1.67 bits per heavy atom. The first-order valence-electron chi connectivity index (χ1n) is 6.72. The van der Waals surface area contributed by atoms with Crippen molar-refractivity contribution in [3.8, 4) is 17.0 Å². The summed E-state index contributed by atoms with van der Waals surface area (Å²) in [4.78, 5) is 7.79. The number of fused-ring (bicyclic) bond motifs is 1. The molecule has 2 heterocycles. The van der Waals surface area contributed by atoms with Gasteiger partial charge in [0.2, 0.25) is 0 Å². The van der Waals surface area contributed by atoms with E-state index in [1.54, 1.807) is 6.07 Å². The first kappa shape index (κ1) is 16.2. The third-order valence-electron chi connectivity index (χ3n) is 3.19. The van der Waals surface area contributed by atoms with Crippen LogP contribution in [-0.4, -0.2) is 20.7 Å². The SMILES string of the molecule is CC(F)(F)c1ncn2ccc(-c3ccc(OC(F)(F)F)cc3)nc12. The Hall–Kier alpha value is -2.71. The average molecular weight is 343 g/mol. The van der Waals surface area contributed by atoms with Gasteiger partial charge in [0.05, 0.1) is 5.69 Å². The number of halogens is 5. The van der Waals surface area contributed by atoms with Crippen LogP contribution in [0.25, 0.3) is 16.9 Å². The maximum atomic E-state index is 13.5. The second-order valence-corrected chi connectivity index (χ2v) is 5.10. The second kappa shape index (κ2) is 5.43. The maximum absolute atomic E-state index is 13.5. The zero-order valence-corrected chi connectivity index (χ0v) is 12.2. The molecule has 3 aromatic rings. The molecule has 0 aliphatic carbocycles. The highest BCUT2D eigenvalue weighted by molar-refractivity contribution is 5.63. The molecule has 0 bridgehead atoms. The number of ether oxygens (including phenoxy) is 1. The van der Waals surface area contributed by atoms with Crippen LogP contribution in [0.15, 0.2) is 42.9 Å². The van der Waals surface area contributed by atoms with Crippen molar-refractivity contribution < 1.29 is 26.7 Å². The predicted molar refractivity (Wildman–Crippen MR) is 74.7 cm³/mol. The Kier molecular flexibility index (Phi) is 3.66. The molecule has 0 atom stereocenters.